The first-order valence-corrected chi connectivity index (χ1v) is 7.10. The molecule has 4 nitrogen and oxygen atoms in total. The molecular weight excluding hydrogens is 339 g/mol. The van der Waals surface area contributed by atoms with Gasteiger partial charge in [-0.3, -0.25) is 4.79 Å². The van der Waals surface area contributed by atoms with E-state index in [9.17, 15) is 9.18 Å². The van der Waals surface area contributed by atoms with E-state index < -0.39 is 5.82 Å². The van der Waals surface area contributed by atoms with Gasteiger partial charge in [0, 0.05) is 10.2 Å². The molecule has 2 N–H and O–H groups in total. The highest BCUT2D eigenvalue weighted by molar-refractivity contribution is 9.10. The molecule has 108 valence electrons. The van der Waals surface area contributed by atoms with Gasteiger partial charge in [-0.2, -0.15) is 0 Å². The highest BCUT2D eigenvalue weighted by Crippen LogP contribution is 2.35. The zero-order chi connectivity index (χ0) is 15.0. The third-order valence-corrected chi connectivity index (χ3v) is 3.68. The van der Waals surface area contributed by atoms with E-state index in [2.05, 4.69) is 15.9 Å². The van der Waals surface area contributed by atoms with Crippen LogP contribution in [0.3, 0.4) is 0 Å². The van der Waals surface area contributed by atoms with Crippen molar-refractivity contribution in [2.45, 2.75) is 6.54 Å². The minimum absolute atomic E-state index is 0.0283. The quantitative estimate of drug-likeness (QED) is 0.846. The Morgan fingerprint density at radius 1 is 1.29 bits per heavy atom. The molecule has 1 aliphatic rings. The van der Waals surface area contributed by atoms with Gasteiger partial charge in [-0.05, 0) is 42.0 Å². The summed E-state index contributed by atoms with van der Waals surface area (Å²) in [4.78, 5) is 13.7. The van der Waals surface area contributed by atoms with Crippen LogP contribution in [-0.2, 0) is 11.3 Å². The molecule has 3 rings (SSSR count). The summed E-state index contributed by atoms with van der Waals surface area (Å²) in [6.07, 6.45) is 0. The summed E-state index contributed by atoms with van der Waals surface area (Å²) in [7, 11) is 0. The number of benzene rings is 2. The summed E-state index contributed by atoms with van der Waals surface area (Å²) in [5.74, 6) is 0.0331. The first-order valence-electron chi connectivity index (χ1n) is 6.30. The molecule has 2 aromatic carbocycles. The van der Waals surface area contributed by atoms with Crippen molar-refractivity contribution in [3.8, 4) is 5.75 Å². The van der Waals surface area contributed by atoms with Crippen LogP contribution >= 0.6 is 15.9 Å². The van der Waals surface area contributed by atoms with Gasteiger partial charge in [0.1, 0.15) is 11.6 Å². The zero-order valence-corrected chi connectivity index (χ0v) is 12.6. The molecule has 1 amide bonds. The molecule has 21 heavy (non-hydrogen) atoms. The largest absolute Gasteiger partial charge is 0.482 e. The van der Waals surface area contributed by atoms with Crippen LogP contribution in [0.5, 0.6) is 5.75 Å². The first-order chi connectivity index (χ1) is 10.0. The molecular formula is C15H12BrFN2O2. The molecule has 0 spiro atoms. The third kappa shape index (κ3) is 2.85. The number of carbonyl (C=O) groups excluding carboxylic acids is 1. The lowest BCUT2D eigenvalue weighted by Crippen LogP contribution is -2.38. The molecule has 0 fully saturated rings. The number of halogens is 2. The lowest BCUT2D eigenvalue weighted by atomic mass is 10.1. The first kappa shape index (κ1) is 13.9. The average Bonchev–Trinajstić information content (AvgIpc) is 2.41. The minimum Gasteiger partial charge on any atom is -0.482 e. The van der Waals surface area contributed by atoms with Gasteiger partial charge in [0.15, 0.2) is 6.61 Å². The summed E-state index contributed by atoms with van der Waals surface area (Å²) in [5, 5.41) is 0. The number of nitrogen functional groups attached to an aromatic ring is 1. The number of nitrogens with zero attached hydrogens (tertiary/aromatic N) is 1. The standard InChI is InChI=1S/C15H12BrFN2O2/c16-10-1-2-14-13(5-10)19(15(20)8-21-14)7-9-3-11(17)6-12(18)4-9/h1-6H,7-8,18H2. The Hall–Kier alpha value is -2.08. The van der Waals surface area contributed by atoms with E-state index in [0.717, 1.165) is 4.47 Å². The van der Waals surface area contributed by atoms with Crippen LogP contribution < -0.4 is 15.4 Å². The maximum Gasteiger partial charge on any atom is 0.265 e. The number of rotatable bonds is 2. The van der Waals surface area contributed by atoms with E-state index in [1.54, 1.807) is 23.1 Å². The Morgan fingerprint density at radius 2 is 2.10 bits per heavy atom. The van der Waals surface area contributed by atoms with Crippen LogP contribution in [0.25, 0.3) is 0 Å². The number of nitrogens with two attached hydrogens (primary N) is 1. The van der Waals surface area contributed by atoms with Crippen molar-refractivity contribution >= 4 is 33.2 Å². The Bertz CT molecular complexity index is 701. The van der Waals surface area contributed by atoms with E-state index in [1.165, 1.54) is 12.1 Å². The van der Waals surface area contributed by atoms with Crippen LogP contribution in [-0.4, -0.2) is 12.5 Å². The normalized spacial score (nSPS) is 13.8. The fourth-order valence-electron chi connectivity index (χ4n) is 2.30. The third-order valence-electron chi connectivity index (χ3n) is 3.18. The molecule has 0 radical (unpaired) electrons. The SMILES string of the molecule is Nc1cc(F)cc(CN2C(=O)COc3ccc(Br)cc32)c1. The number of hydrogen-bond acceptors (Lipinski definition) is 3. The topological polar surface area (TPSA) is 55.6 Å². The number of amides is 1. The minimum atomic E-state index is -0.417. The second kappa shape index (κ2) is 5.37. The predicted molar refractivity (Wildman–Crippen MR) is 81.6 cm³/mol. The molecule has 0 saturated heterocycles. The maximum atomic E-state index is 13.4. The van der Waals surface area contributed by atoms with Crippen LogP contribution in [0.15, 0.2) is 40.9 Å². The summed E-state index contributed by atoms with van der Waals surface area (Å²) in [5.41, 5.74) is 7.26. The Balaban J connectivity index is 1.98. The van der Waals surface area contributed by atoms with Crippen LogP contribution in [0.4, 0.5) is 15.8 Å². The van der Waals surface area contributed by atoms with Gasteiger partial charge in [-0.25, -0.2) is 4.39 Å². The van der Waals surface area contributed by atoms with Crippen molar-refractivity contribution in [1.82, 2.24) is 0 Å². The Labute approximate surface area is 129 Å². The average molecular weight is 351 g/mol. The second-order valence-electron chi connectivity index (χ2n) is 4.77. The van der Waals surface area contributed by atoms with E-state index in [0.29, 0.717) is 22.7 Å². The highest BCUT2D eigenvalue weighted by atomic mass is 79.9. The van der Waals surface area contributed by atoms with Gasteiger partial charge in [0.25, 0.3) is 5.91 Å². The van der Waals surface area contributed by atoms with Crippen molar-refractivity contribution in [3.05, 3.63) is 52.3 Å². The molecule has 0 aromatic heterocycles. The molecule has 6 heteroatoms. The smallest absolute Gasteiger partial charge is 0.265 e. The Morgan fingerprint density at radius 3 is 2.86 bits per heavy atom. The van der Waals surface area contributed by atoms with Crippen LogP contribution in [0.1, 0.15) is 5.56 Å². The molecule has 0 unspecified atom stereocenters. The van der Waals surface area contributed by atoms with Gasteiger partial charge in [-0.15, -0.1) is 0 Å². The van der Waals surface area contributed by atoms with Crippen molar-refractivity contribution in [3.63, 3.8) is 0 Å². The zero-order valence-electron chi connectivity index (χ0n) is 11.0. The van der Waals surface area contributed by atoms with Gasteiger partial charge >= 0.3 is 0 Å². The maximum absolute atomic E-state index is 13.4. The molecule has 0 aliphatic carbocycles. The lowest BCUT2D eigenvalue weighted by molar-refractivity contribution is -0.121. The molecule has 0 saturated carbocycles. The number of fused-ring (bicyclic) bond motifs is 1. The van der Waals surface area contributed by atoms with Crippen LogP contribution in [0, 0.1) is 5.82 Å². The van der Waals surface area contributed by atoms with Gasteiger partial charge < -0.3 is 15.4 Å². The van der Waals surface area contributed by atoms with Crippen molar-refractivity contribution in [2.75, 3.05) is 17.2 Å². The van der Waals surface area contributed by atoms with Crippen molar-refractivity contribution < 1.29 is 13.9 Å². The molecule has 0 bridgehead atoms. The van der Waals surface area contributed by atoms with Gasteiger partial charge in [0.05, 0.1) is 12.2 Å². The molecule has 1 aliphatic heterocycles. The van der Waals surface area contributed by atoms with Gasteiger partial charge in [-0.1, -0.05) is 15.9 Å². The summed E-state index contributed by atoms with van der Waals surface area (Å²) >= 11 is 3.37. The monoisotopic (exact) mass is 350 g/mol. The molecule has 0 atom stereocenters. The van der Waals surface area contributed by atoms with E-state index in [1.807, 2.05) is 6.07 Å². The van der Waals surface area contributed by atoms with E-state index in [4.69, 9.17) is 10.5 Å². The fraction of sp³-hybridized carbons (Fsp3) is 0.133. The van der Waals surface area contributed by atoms with E-state index >= 15 is 0 Å². The molecule has 1 heterocycles. The lowest BCUT2D eigenvalue weighted by Gasteiger charge is -2.29. The number of ether oxygens (including phenoxy) is 1. The van der Waals surface area contributed by atoms with E-state index in [-0.39, 0.29) is 19.1 Å². The van der Waals surface area contributed by atoms with Crippen molar-refractivity contribution in [1.29, 1.82) is 0 Å². The van der Waals surface area contributed by atoms with Gasteiger partial charge in [0.2, 0.25) is 0 Å². The second-order valence-corrected chi connectivity index (χ2v) is 5.69. The number of anilines is 2. The number of hydrogen-bond donors (Lipinski definition) is 1. The summed E-state index contributed by atoms with van der Waals surface area (Å²) < 4.78 is 19.7. The van der Waals surface area contributed by atoms with Crippen molar-refractivity contribution in [2.24, 2.45) is 0 Å². The Kier molecular flexibility index (Phi) is 3.55. The predicted octanol–water partition coefficient (Wildman–Crippen LogP) is 3.10. The number of carbonyl (C=O) groups is 1. The fourth-order valence-corrected chi connectivity index (χ4v) is 2.65. The molecule has 2 aromatic rings. The van der Waals surface area contributed by atoms with Crippen LogP contribution in [0.2, 0.25) is 0 Å². The summed E-state index contributed by atoms with van der Waals surface area (Å²) in [6, 6.07) is 9.70. The highest BCUT2D eigenvalue weighted by Gasteiger charge is 2.26. The summed E-state index contributed by atoms with van der Waals surface area (Å²) in [6.45, 7) is 0.215.